The zero-order valence-corrected chi connectivity index (χ0v) is 8.36. The minimum Gasteiger partial charge on any atom is -0.480 e. The summed E-state index contributed by atoms with van der Waals surface area (Å²) >= 11 is 6.23. The second-order valence-electron chi connectivity index (χ2n) is 2.27. The van der Waals surface area contributed by atoms with Crippen molar-refractivity contribution >= 4 is 37.8 Å². The maximum atomic E-state index is 10.3. The van der Waals surface area contributed by atoms with Gasteiger partial charge in [0.1, 0.15) is 4.83 Å². The summed E-state index contributed by atoms with van der Waals surface area (Å²) in [6.45, 7) is 3.58. The molecule has 2 nitrogen and oxygen atoms in total. The molecule has 0 amide bonds. The number of carboxylic acids is 1. The predicted molar refractivity (Wildman–Crippen MR) is 43.4 cm³/mol. The molecule has 0 bridgehead atoms. The summed E-state index contributed by atoms with van der Waals surface area (Å²) in [4.78, 5) is 9.73. The van der Waals surface area contributed by atoms with Gasteiger partial charge in [-0.2, -0.15) is 0 Å². The third kappa shape index (κ3) is 3.20. The number of hydrogen-bond donors (Lipinski definition) is 1. The maximum absolute atomic E-state index is 10.3. The lowest BCUT2D eigenvalue weighted by molar-refractivity contribution is -0.136. The van der Waals surface area contributed by atoms with Gasteiger partial charge in [-0.1, -0.05) is 31.9 Å². The summed E-state index contributed by atoms with van der Waals surface area (Å²) in [6.07, 6.45) is 0. The second kappa shape index (κ2) is 3.01. The highest BCUT2D eigenvalue weighted by molar-refractivity contribution is 9.12. The summed E-state index contributed by atoms with van der Waals surface area (Å²) < 4.78 is -0.390. The molecule has 1 atom stereocenters. The predicted octanol–water partition coefficient (Wildman–Crippen LogP) is 2.01. The van der Waals surface area contributed by atoms with Crippen molar-refractivity contribution in [3.05, 3.63) is 0 Å². The summed E-state index contributed by atoms with van der Waals surface area (Å²) in [5, 5.41) is 8.44. The van der Waals surface area contributed by atoms with E-state index in [1.165, 1.54) is 0 Å². The summed E-state index contributed by atoms with van der Waals surface area (Å²) in [7, 11) is 0. The van der Waals surface area contributed by atoms with E-state index in [9.17, 15) is 4.79 Å². The molecule has 0 aliphatic carbocycles. The van der Waals surface area contributed by atoms with Crippen molar-refractivity contribution in [1.29, 1.82) is 0 Å². The smallest absolute Gasteiger partial charge is 0.318 e. The molecule has 0 unspecified atom stereocenters. The standard InChI is InChI=1S/C5H8Br2O2/c1-5(2,7)3(6)4(8)9/h3H,1-2H3,(H,8,9)/t3-/m1/s1. The van der Waals surface area contributed by atoms with Crippen LogP contribution in [0.4, 0.5) is 0 Å². The Kier molecular flexibility index (Phi) is 3.16. The summed E-state index contributed by atoms with van der Waals surface area (Å²) in [5.74, 6) is -0.850. The number of rotatable bonds is 2. The lowest BCUT2D eigenvalue weighted by Gasteiger charge is -2.18. The van der Waals surface area contributed by atoms with Crippen molar-refractivity contribution in [3.8, 4) is 0 Å². The van der Waals surface area contributed by atoms with E-state index >= 15 is 0 Å². The van der Waals surface area contributed by atoms with E-state index in [2.05, 4.69) is 31.9 Å². The van der Waals surface area contributed by atoms with Gasteiger partial charge in [-0.15, -0.1) is 0 Å². The van der Waals surface area contributed by atoms with Crippen molar-refractivity contribution in [2.24, 2.45) is 0 Å². The average Bonchev–Trinajstić information content (AvgIpc) is 1.62. The minimum atomic E-state index is -0.850. The van der Waals surface area contributed by atoms with Gasteiger partial charge in [0.25, 0.3) is 0 Å². The van der Waals surface area contributed by atoms with Gasteiger partial charge >= 0.3 is 5.97 Å². The minimum absolute atomic E-state index is 0.390. The van der Waals surface area contributed by atoms with Gasteiger partial charge in [0.05, 0.1) is 0 Å². The molecular weight excluding hydrogens is 252 g/mol. The van der Waals surface area contributed by atoms with Crippen LogP contribution in [0.2, 0.25) is 0 Å². The van der Waals surface area contributed by atoms with Crippen LogP contribution in [0, 0.1) is 0 Å². The Hall–Kier alpha value is 0.430. The third-order valence-electron chi connectivity index (χ3n) is 0.820. The lowest BCUT2D eigenvalue weighted by Crippen LogP contribution is -2.31. The Morgan fingerprint density at radius 1 is 1.67 bits per heavy atom. The Bertz CT molecular complexity index is 117. The molecule has 1 N–H and O–H groups in total. The average molecular weight is 260 g/mol. The number of carboxylic acid groups (broad SMARTS) is 1. The molecule has 0 saturated heterocycles. The van der Waals surface area contributed by atoms with Crippen LogP contribution in [0.3, 0.4) is 0 Å². The first-order chi connectivity index (χ1) is 3.85. The Morgan fingerprint density at radius 3 is 2.00 bits per heavy atom. The highest BCUT2D eigenvalue weighted by Crippen LogP contribution is 2.26. The highest BCUT2D eigenvalue weighted by atomic mass is 79.9. The van der Waals surface area contributed by atoms with E-state index in [1.54, 1.807) is 13.8 Å². The molecule has 0 aromatic rings. The van der Waals surface area contributed by atoms with E-state index in [0.29, 0.717) is 0 Å². The van der Waals surface area contributed by atoms with Crippen LogP contribution in [0.5, 0.6) is 0 Å². The molecule has 0 aromatic heterocycles. The van der Waals surface area contributed by atoms with E-state index in [0.717, 1.165) is 0 Å². The lowest BCUT2D eigenvalue weighted by atomic mass is 10.1. The van der Waals surface area contributed by atoms with Crippen LogP contribution >= 0.6 is 31.9 Å². The van der Waals surface area contributed by atoms with Crippen LogP contribution in [0.1, 0.15) is 13.8 Å². The molecule has 0 radical (unpaired) electrons. The second-order valence-corrected chi connectivity index (χ2v) is 5.22. The van der Waals surface area contributed by atoms with Crippen LogP contribution in [-0.2, 0) is 4.79 Å². The number of aliphatic carboxylic acids is 1. The van der Waals surface area contributed by atoms with Crippen molar-refractivity contribution in [3.63, 3.8) is 0 Å². The summed E-state index contributed by atoms with van der Waals surface area (Å²) in [6, 6.07) is 0. The van der Waals surface area contributed by atoms with Crippen molar-refractivity contribution in [2.45, 2.75) is 23.0 Å². The molecule has 0 heterocycles. The normalized spacial score (nSPS) is 15.1. The van der Waals surface area contributed by atoms with Gasteiger partial charge in [-0.05, 0) is 13.8 Å². The first kappa shape index (κ1) is 9.43. The number of halogens is 2. The van der Waals surface area contributed by atoms with E-state index in [4.69, 9.17) is 5.11 Å². The quantitative estimate of drug-likeness (QED) is 0.771. The van der Waals surface area contributed by atoms with Gasteiger partial charge in [-0.3, -0.25) is 4.79 Å². The van der Waals surface area contributed by atoms with Gasteiger partial charge in [0.2, 0.25) is 0 Å². The topological polar surface area (TPSA) is 37.3 Å². The molecule has 0 saturated carbocycles. The Morgan fingerprint density at radius 2 is 2.00 bits per heavy atom. The van der Waals surface area contributed by atoms with Crippen LogP contribution < -0.4 is 0 Å². The Balaban J connectivity index is 4.04. The van der Waals surface area contributed by atoms with Crippen molar-refractivity contribution in [2.75, 3.05) is 0 Å². The van der Waals surface area contributed by atoms with Gasteiger partial charge in [0.15, 0.2) is 0 Å². The fourth-order valence-corrected chi connectivity index (χ4v) is 0.489. The van der Waals surface area contributed by atoms with Crippen molar-refractivity contribution < 1.29 is 9.90 Å². The first-order valence-electron chi connectivity index (χ1n) is 2.41. The molecule has 0 aromatic carbocycles. The van der Waals surface area contributed by atoms with Gasteiger partial charge < -0.3 is 5.11 Å². The van der Waals surface area contributed by atoms with Crippen molar-refractivity contribution in [1.82, 2.24) is 0 Å². The SMILES string of the molecule is CC(C)(Br)[C@H](Br)C(=O)O. The molecule has 0 aliphatic rings. The fraction of sp³-hybridized carbons (Fsp3) is 0.800. The molecule has 9 heavy (non-hydrogen) atoms. The zero-order valence-electron chi connectivity index (χ0n) is 5.19. The van der Waals surface area contributed by atoms with Crippen LogP contribution in [0.25, 0.3) is 0 Å². The monoisotopic (exact) mass is 258 g/mol. The number of hydrogen-bond acceptors (Lipinski definition) is 1. The first-order valence-corrected chi connectivity index (χ1v) is 4.12. The van der Waals surface area contributed by atoms with Crippen LogP contribution in [0.15, 0.2) is 0 Å². The molecule has 0 fully saturated rings. The number of alkyl halides is 2. The van der Waals surface area contributed by atoms with Gasteiger partial charge in [-0.25, -0.2) is 0 Å². The maximum Gasteiger partial charge on any atom is 0.318 e. The largest absolute Gasteiger partial charge is 0.480 e. The molecule has 54 valence electrons. The number of carbonyl (C=O) groups is 1. The third-order valence-corrected chi connectivity index (χ3v) is 3.43. The molecular formula is C5H8Br2O2. The molecule has 0 rings (SSSR count). The highest BCUT2D eigenvalue weighted by Gasteiger charge is 2.29. The van der Waals surface area contributed by atoms with Crippen LogP contribution in [-0.4, -0.2) is 20.2 Å². The fourth-order valence-electron chi connectivity index (χ4n) is 0.294. The molecule has 0 aliphatic heterocycles. The Labute approximate surface area is 70.9 Å². The van der Waals surface area contributed by atoms with Gasteiger partial charge in [0, 0.05) is 4.32 Å². The molecule has 0 spiro atoms. The zero-order chi connectivity index (χ0) is 7.65. The summed E-state index contributed by atoms with van der Waals surface area (Å²) in [5.41, 5.74) is 0. The van der Waals surface area contributed by atoms with E-state index in [1.807, 2.05) is 0 Å². The van der Waals surface area contributed by atoms with E-state index < -0.39 is 15.1 Å². The molecule has 4 heteroatoms. The van der Waals surface area contributed by atoms with E-state index in [-0.39, 0.29) is 0 Å².